The first kappa shape index (κ1) is 18.1. The van der Waals surface area contributed by atoms with Gasteiger partial charge in [0, 0.05) is 28.5 Å². The highest BCUT2D eigenvalue weighted by atomic mass is 79.9. The van der Waals surface area contributed by atoms with Crippen LogP contribution in [0.15, 0.2) is 84.4 Å². The minimum atomic E-state index is -0.0539. The average Bonchev–Trinajstić information content (AvgIpc) is 2.67. The third kappa shape index (κ3) is 3.75. The van der Waals surface area contributed by atoms with Crippen LogP contribution in [0, 0.1) is 0 Å². The molecule has 0 fully saturated rings. The molecule has 3 nitrogen and oxygen atoms in total. The van der Waals surface area contributed by atoms with Crippen molar-refractivity contribution in [2.75, 3.05) is 13.1 Å². The summed E-state index contributed by atoms with van der Waals surface area (Å²) < 4.78 is 1.00. The van der Waals surface area contributed by atoms with Crippen LogP contribution in [0.5, 0.6) is 0 Å². The molecule has 0 unspecified atom stereocenters. The molecule has 0 radical (unpaired) electrons. The van der Waals surface area contributed by atoms with Crippen molar-refractivity contribution in [2.24, 2.45) is 0 Å². The lowest BCUT2D eigenvalue weighted by Crippen LogP contribution is -2.31. The van der Waals surface area contributed by atoms with Gasteiger partial charge in [-0.15, -0.1) is 13.2 Å². The van der Waals surface area contributed by atoms with Gasteiger partial charge in [-0.25, -0.2) is 4.98 Å². The van der Waals surface area contributed by atoms with Crippen LogP contribution in [0.1, 0.15) is 10.4 Å². The van der Waals surface area contributed by atoms with E-state index in [2.05, 4.69) is 29.1 Å². The van der Waals surface area contributed by atoms with Gasteiger partial charge in [-0.05, 0) is 24.3 Å². The zero-order valence-corrected chi connectivity index (χ0v) is 15.9. The largest absolute Gasteiger partial charge is 0.331 e. The van der Waals surface area contributed by atoms with Crippen LogP contribution >= 0.6 is 15.9 Å². The van der Waals surface area contributed by atoms with E-state index in [-0.39, 0.29) is 5.91 Å². The van der Waals surface area contributed by atoms with E-state index < -0.39 is 0 Å². The number of benzene rings is 2. The SMILES string of the molecule is C=CCN(CC=C)C(=O)c1cc(-c2ccc(Br)cc2)nc2ccccc12. The molecule has 0 saturated carbocycles. The summed E-state index contributed by atoms with van der Waals surface area (Å²) in [6, 6.07) is 17.5. The number of carbonyl (C=O) groups excluding carboxylic acids is 1. The number of fused-ring (bicyclic) bond motifs is 1. The van der Waals surface area contributed by atoms with Crippen LogP contribution < -0.4 is 0 Å². The number of nitrogens with zero attached hydrogens (tertiary/aromatic N) is 2. The maximum absolute atomic E-state index is 13.2. The highest BCUT2D eigenvalue weighted by Gasteiger charge is 2.18. The molecule has 0 spiro atoms. The molecule has 0 bridgehead atoms. The molecule has 130 valence electrons. The minimum absolute atomic E-state index is 0.0539. The van der Waals surface area contributed by atoms with Crippen LogP contribution in [0.4, 0.5) is 0 Å². The normalized spacial score (nSPS) is 10.5. The Labute approximate surface area is 161 Å². The van der Waals surface area contributed by atoms with E-state index in [4.69, 9.17) is 4.98 Å². The molecule has 0 aliphatic carbocycles. The van der Waals surface area contributed by atoms with Gasteiger partial charge in [-0.1, -0.05) is 58.4 Å². The van der Waals surface area contributed by atoms with Crippen molar-refractivity contribution in [3.05, 3.63) is 89.9 Å². The second-order valence-corrected chi connectivity index (χ2v) is 6.78. The molecule has 0 N–H and O–H groups in total. The summed E-state index contributed by atoms with van der Waals surface area (Å²) in [5, 5.41) is 0.844. The third-order valence-electron chi connectivity index (χ3n) is 4.07. The molecule has 3 aromatic rings. The Morgan fingerprint density at radius 1 is 1.04 bits per heavy atom. The number of halogens is 1. The molecule has 0 aliphatic heterocycles. The van der Waals surface area contributed by atoms with Crippen molar-refractivity contribution in [3.8, 4) is 11.3 Å². The Bertz CT molecular complexity index is 954. The van der Waals surface area contributed by atoms with E-state index in [1.165, 1.54) is 0 Å². The van der Waals surface area contributed by atoms with Gasteiger partial charge < -0.3 is 4.90 Å². The van der Waals surface area contributed by atoms with Crippen molar-refractivity contribution in [3.63, 3.8) is 0 Å². The number of aromatic nitrogens is 1. The molecule has 0 aliphatic rings. The summed E-state index contributed by atoms with van der Waals surface area (Å²) in [5.74, 6) is -0.0539. The zero-order chi connectivity index (χ0) is 18.5. The number of amides is 1. The Morgan fingerprint density at radius 2 is 1.69 bits per heavy atom. The van der Waals surface area contributed by atoms with E-state index in [1.54, 1.807) is 17.1 Å². The molecule has 2 aromatic carbocycles. The van der Waals surface area contributed by atoms with E-state index in [0.717, 1.165) is 26.6 Å². The van der Waals surface area contributed by atoms with Crippen molar-refractivity contribution in [1.29, 1.82) is 0 Å². The third-order valence-corrected chi connectivity index (χ3v) is 4.60. The molecule has 1 aromatic heterocycles. The molecular weight excluding hydrogens is 388 g/mol. The summed E-state index contributed by atoms with van der Waals surface area (Å²) >= 11 is 3.45. The predicted molar refractivity (Wildman–Crippen MR) is 111 cm³/mol. The number of para-hydroxylation sites is 1. The van der Waals surface area contributed by atoms with Gasteiger partial charge in [0.1, 0.15) is 0 Å². The maximum Gasteiger partial charge on any atom is 0.255 e. The number of hydrogen-bond donors (Lipinski definition) is 0. The minimum Gasteiger partial charge on any atom is -0.331 e. The van der Waals surface area contributed by atoms with E-state index >= 15 is 0 Å². The second kappa shape index (κ2) is 8.11. The summed E-state index contributed by atoms with van der Waals surface area (Å²) in [5.41, 5.74) is 3.18. The lowest BCUT2D eigenvalue weighted by Gasteiger charge is -2.20. The van der Waals surface area contributed by atoms with Gasteiger partial charge in [0.25, 0.3) is 5.91 Å². The highest BCUT2D eigenvalue weighted by Crippen LogP contribution is 2.27. The Hall–Kier alpha value is -2.72. The Kier molecular flexibility index (Phi) is 5.64. The first-order valence-electron chi connectivity index (χ1n) is 8.31. The van der Waals surface area contributed by atoms with Crippen molar-refractivity contribution in [1.82, 2.24) is 9.88 Å². The van der Waals surface area contributed by atoms with Crippen LogP contribution in [0.25, 0.3) is 22.2 Å². The number of carbonyl (C=O) groups is 1. The van der Waals surface area contributed by atoms with E-state index in [0.29, 0.717) is 18.7 Å². The quantitative estimate of drug-likeness (QED) is 0.507. The monoisotopic (exact) mass is 406 g/mol. The second-order valence-electron chi connectivity index (χ2n) is 5.87. The molecule has 4 heteroatoms. The van der Waals surface area contributed by atoms with Gasteiger partial charge >= 0.3 is 0 Å². The van der Waals surface area contributed by atoms with Crippen molar-refractivity contribution < 1.29 is 4.79 Å². The molecular formula is C22H19BrN2O. The number of pyridine rings is 1. The Morgan fingerprint density at radius 3 is 2.35 bits per heavy atom. The first-order valence-corrected chi connectivity index (χ1v) is 9.10. The molecule has 1 amide bonds. The lowest BCUT2D eigenvalue weighted by molar-refractivity contribution is 0.0793. The van der Waals surface area contributed by atoms with Crippen LogP contribution in [-0.2, 0) is 0 Å². The smallest absolute Gasteiger partial charge is 0.255 e. The summed E-state index contributed by atoms with van der Waals surface area (Å²) in [4.78, 5) is 19.6. The van der Waals surface area contributed by atoms with Crippen molar-refractivity contribution in [2.45, 2.75) is 0 Å². The van der Waals surface area contributed by atoms with Gasteiger partial charge in [0.15, 0.2) is 0 Å². The summed E-state index contributed by atoms with van der Waals surface area (Å²) in [6.45, 7) is 8.43. The van der Waals surface area contributed by atoms with Gasteiger partial charge in [0.2, 0.25) is 0 Å². The molecule has 0 atom stereocenters. The predicted octanol–water partition coefficient (Wildman–Crippen LogP) is 5.48. The molecule has 26 heavy (non-hydrogen) atoms. The van der Waals surface area contributed by atoms with Crippen LogP contribution in [0.2, 0.25) is 0 Å². The zero-order valence-electron chi connectivity index (χ0n) is 14.4. The lowest BCUT2D eigenvalue weighted by atomic mass is 10.0. The van der Waals surface area contributed by atoms with E-state index in [9.17, 15) is 4.79 Å². The number of hydrogen-bond acceptors (Lipinski definition) is 2. The number of rotatable bonds is 6. The highest BCUT2D eigenvalue weighted by molar-refractivity contribution is 9.10. The molecule has 3 rings (SSSR count). The van der Waals surface area contributed by atoms with Gasteiger partial charge in [-0.2, -0.15) is 0 Å². The average molecular weight is 407 g/mol. The molecule has 1 heterocycles. The standard InChI is InChI=1S/C22H19BrN2O/c1-3-13-25(14-4-2)22(26)19-15-21(16-9-11-17(23)12-10-16)24-20-8-6-5-7-18(19)20/h3-12,15H,1-2,13-14H2. The maximum atomic E-state index is 13.2. The van der Waals surface area contributed by atoms with Crippen LogP contribution in [0.3, 0.4) is 0 Å². The summed E-state index contributed by atoms with van der Waals surface area (Å²) in [7, 11) is 0. The molecule has 0 saturated heterocycles. The fourth-order valence-corrected chi connectivity index (χ4v) is 3.11. The van der Waals surface area contributed by atoms with Crippen molar-refractivity contribution >= 4 is 32.7 Å². The summed E-state index contributed by atoms with van der Waals surface area (Å²) in [6.07, 6.45) is 3.45. The first-order chi connectivity index (χ1) is 12.6. The van der Waals surface area contributed by atoms with Gasteiger partial charge in [0.05, 0.1) is 16.8 Å². The fourth-order valence-electron chi connectivity index (χ4n) is 2.84. The fraction of sp³-hybridized carbons (Fsp3) is 0.0909. The topological polar surface area (TPSA) is 33.2 Å². The van der Waals surface area contributed by atoms with Gasteiger partial charge in [-0.3, -0.25) is 4.79 Å². The van der Waals surface area contributed by atoms with Crippen LogP contribution in [-0.4, -0.2) is 28.9 Å². The van der Waals surface area contributed by atoms with E-state index in [1.807, 2.05) is 54.6 Å². The Balaban J connectivity index is 2.16.